The Balaban J connectivity index is 1.45. The van der Waals surface area contributed by atoms with Gasteiger partial charge in [-0.15, -0.1) is 0 Å². The molecule has 0 fully saturated rings. The molecule has 196 valence electrons. The maximum absolute atomic E-state index is 6.91. The molecule has 43 heavy (non-hydrogen) atoms. The minimum atomic E-state index is -0.663. The Morgan fingerprint density at radius 3 is 2.26 bits per heavy atom. The van der Waals surface area contributed by atoms with E-state index in [0.29, 0.717) is 0 Å². The van der Waals surface area contributed by atoms with Gasteiger partial charge in [0.15, 0.2) is 22.1 Å². The zero-order valence-corrected chi connectivity index (χ0v) is 23.2. The summed E-state index contributed by atoms with van der Waals surface area (Å²) in [5, 5.41) is 8.39. The lowest BCUT2D eigenvalue weighted by molar-refractivity contribution is -0.923. The van der Waals surface area contributed by atoms with Gasteiger partial charge in [0.1, 0.15) is 33.7 Å². The average molecular weight is 568 g/mol. The third-order valence-corrected chi connectivity index (χ3v) is 11.2. The molecule has 9 heterocycles. The van der Waals surface area contributed by atoms with E-state index in [1.165, 1.54) is 76.2 Å². The van der Waals surface area contributed by atoms with E-state index in [1.54, 1.807) is 11.3 Å². The SMILES string of the molecule is c1ccc2c(c1)c1ccc3c4c1c1n2c2ccccc2[n+]1C41c2c(ccc4c5ncccc5n5c6sccc6[n+]1c5c24)O3. The number of ether oxygens (including phenoxy) is 1. The Bertz CT molecular complexity index is 3060. The van der Waals surface area contributed by atoms with E-state index in [0.717, 1.165) is 22.5 Å². The zero-order valence-electron chi connectivity index (χ0n) is 22.4. The Morgan fingerprint density at radius 2 is 1.35 bits per heavy atom. The number of nitrogens with zero attached hydrogens (tertiary/aromatic N) is 5. The predicted octanol–water partition coefficient (Wildman–Crippen LogP) is 7.17. The van der Waals surface area contributed by atoms with Gasteiger partial charge in [0, 0.05) is 28.4 Å². The van der Waals surface area contributed by atoms with Crippen LogP contribution in [0.3, 0.4) is 0 Å². The molecule has 0 amide bonds. The molecule has 3 aliphatic heterocycles. The highest BCUT2D eigenvalue weighted by atomic mass is 32.1. The highest BCUT2D eigenvalue weighted by Crippen LogP contribution is 2.59. The highest BCUT2D eigenvalue weighted by Gasteiger charge is 2.67. The molecule has 0 saturated carbocycles. The van der Waals surface area contributed by atoms with Crippen LogP contribution in [0.2, 0.25) is 0 Å². The minimum absolute atomic E-state index is 0.663. The predicted molar refractivity (Wildman–Crippen MR) is 168 cm³/mol. The van der Waals surface area contributed by atoms with Crippen LogP contribution in [-0.2, 0) is 5.66 Å². The van der Waals surface area contributed by atoms with Crippen molar-refractivity contribution in [2.24, 2.45) is 0 Å². The minimum Gasteiger partial charge on any atom is -0.456 e. The molecule has 7 heteroatoms. The summed E-state index contributed by atoms with van der Waals surface area (Å²) in [6.07, 6.45) is 1.91. The van der Waals surface area contributed by atoms with Crippen LogP contribution in [0.4, 0.5) is 0 Å². The summed E-state index contributed by atoms with van der Waals surface area (Å²) in [5.41, 5.74) is 11.2. The van der Waals surface area contributed by atoms with Gasteiger partial charge in [-0.25, -0.2) is 0 Å². The number of fused-ring (bicyclic) bond motifs is 12. The van der Waals surface area contributed by atoms with Gasteiger partial charge in [0.2, 0.25) is 4.83 Å². The number of rotatable bonds is 0. The summed E-state index contributed by atoms with van der Waals surface area (Å²) in [4.78, 5) is 6.21. The molecule has 1 spiro atoms. The molecule has 1 unspecified atom stereocenters. The van der Waals surface area contributed by atoms with E-state index in [4.69, 9.17) is 9.72 Å². The van der Waals surface area contributed by atoms with Crippen molar-refractivity contribution < 1.29 is 13.9 Å². The lowest BCUT2D eigenvalue weighted by Crippen LogP contribution is -2.71. The van der Waals surface area contributed by atoms with Gasteiger partial charge in [-0.05, 0) is 60.0 Å². The molecule has 3 aliphatic rings. The van der Waals surface area contributed by atoms with Crippen molar-refractivity contribution in [1.82, 2.24) is 13.8 Å². The molecule has 10 aromatic rings. The third-order valence-electron chi connectivity index (χ3n) is 10.3. The monoisotopic (exact) mass is 567 g/mol. The number of imidazole rings is 2. The molecular weight excluding hydrogens is 550 g/mol. The van der Waals surface area contributed by atoms with Gasteiger partial charge in [-0.1, -0.05) is 41.7 Å². The maximum atomic E-state index is 6.91. The number of pyridine rings is 3. The van der Waals surface area contributed by atoms with Gasteiger partial charge in [-0.2, -0.15) is 17.9 Å². The van der Waals surface area contributed by atoms with Gasteiger partial charge >= 0.3 is 17.0 Å². The second-order valence-electron chi connectivity index (χ2n) is 12.0. The average Bonchev–Trinajstić information content (AvgIpc) is 3.84. The quantitative estimate of drug-likeness (QED) is 0.144. The van der Waals surface area contributed by atoms with Gasteiger partial charge < -0.3 is 4.74 Å². The molecule has 0 radical (unpaired) electrons. The fourth-order valence-electron chi connectivity index (χ4n) is 9.07. The number of aromatic nitrogens is 5. The van der Waals surface area contributed by atoms with E-state index in [2.05, 4.69) is 114 Å². The van der Waals surface area contributed by atoms with Crippen LogP contribution in [-0.4, -0.2) is 13.8 Å². The molecule has 13 rings (SSSR count). The van der Waals surface area contributed by atoms with Crippen LogP contribution in [0, 0.1) is 0 Å². The smallest absolute Gasteiger partial charge is 0.316 e. The molecule has 0 N–H and O–H groups in total. The summed E-state index contributed by atoms with van der Waals surface area (Å²) in [6, 6.07) is 33.1. The number of hydrogen-bond donors (Lipinski definition) is 0. The van der Waals surface area contributed by atoms with Gasteiger partial charge in [-0.3, -0.25) is 4.98 Å². The van der Waals surface area contributed by atoms with Crippen LogP contribution in [0.5, 0.6) is 11.5 Å². The van der Waals surface area contributed by atoms with Crippen LogP contribution in [0.1, 0.15) is 11.1 Å². The molecule has 4 aromatic carbocycles. The van der Waals surface area contributed by atoms with E-state index in [1.807, 2.05) is 6.20 Å². The summed E-state index contributed by atoms with van der Waals surface area (Å²) in [6.45, 7) is 0. The van der Waals surface area contributed by atoms with Crippen LogP contribution in [0.15, 0.2) is 103 Å². The first-order valence-corrected chi connectivity index (χ1v) is 15.4. The Labute approximate surface area is 245 Å². The van der Waals surface area contributed by atoms with Crippen molar-refractivity contribution in [3.63, 3.8) is 0 Å². The van der Waals surface area contributed by atoms with Crippen LogP contribution in [0.25, 0.3) is 76.2 Å². The summed E-state index contributed by atoms with van der Waals surface area (Å²) < 4.78 is 17.1. The lowest BCUT2D eigenvalue weighted by atomic mass is 9.85. The van der Waals surface area contributed by atoms with Gasteiger partial charge in [0.25, 0.3) is 0 Å². The largest absolute Gasteiger partial charge is 0.456 e. The first-order chi connectivity index (χ1) is 21.4. The maximum Gasteiger partial charge on any atom is 0.316 e. The van der Waals surface area contributed by atoms with E-state index < -0.39 is 5.66 Å². The van der Waals surface area contributed by atoms with Crippen molar-refractivity contribution in [3.05, 3.63) is 114 Å². The second kappa shape index (κ2) is 6.14. The number of thiophene rings is 1. The molecule has 1 atom stereocenters. The van der Waals surface area contributed by atoms with E-state index in [9.17, 15) is 0 Å². The Kier molecular flexibility index (Phi) is 2.91. The summed E-state index contributed by atoms with van der Waals surface area (Å²) in [7, 11) is 0. The third kappa shape index (κ3) is 1.79. The second-order valence-corrected chi connectivity index (χ2v) is 12.9. The molecule has 0 bridgehead atoms. The summed E-state index contributed by atoms with van der Waals surface area (Å²) in [5.74, 6) is 1.84. The lowest BCUT2D eigenvalue weighted by Gasteiger charge is -2.30. The molecule has 0 aliphatic carbocycles. The summed E-state index contributed by atoms with van der Waals surface area (Å²) >= 11 is 1.80. The Hall–Kier alpha value is -5.53. The molecule has 0 saturated heterocycles. The number of benzene rings is 4. The first-order valence-electron chi connectivity index (χ1n) is 14.6. The highest BCUT2D eigenvalue weighted by molar-refractivity contribution is 7.16. The van der Waals surface area contributed by atoms with Crippen molar-refractivity contribution in [2.45, 2.75) is 5.66 Å². The van der Waals surface area contributed by atoms with Crippen molar-refractivity contribution in [1.29, 1.82) is 0 Å². The topological polar surface area (TPSA) is 38.7 Å². The molecule has 6 aromatic heterocycles. The first kappa shape index (κ1) is 20.4. The van der Waals surface area contributed by atoms with E-state index in [-0.39, 0.29) is 0 Å². The van der Waals surface area contributed by atoms with E-state index >= 15 is 0 Å². The van der Waals surface area contributed by atoms with Crippen molar-refractivity contribution >= 4 is 87.5 Å². The standard InChI is InChI=1S/C36H17N5OS/c1-2-7-21-18(6-1)19-11-13-26-30-28(19)33-38(21)22-8-3-4-9-23(22)40(33)36(30)31-27(42-26)14-12-20-29(31)34-39(24-10-5-16-37-32(20)24)35-25(41(34)36)15-17-43-35/h1-17H/q+2. The number of hydrogen-bond acceptors (Lipinski definition) is 3. The number of para-hydroxylation sites is 3. The van der Waals surface area contributed by atoms with Gasteiger partial charge in [0.05, 0.1) is 10.8 Å². The van der Waals surface area contributed by atoms with Crippen molar-refractivity contribution in [3.8, 4) is 11.5 Å². The zero-order chi connectivity index (χ0) is 27.3. The van der Waals surface area contributed by atoms with Crippen LogP contribution >= 0.6 is 11.3 Å². The normalized spacial score (nSPS) is 17.6. The fourth-order valence-corrected chi connectivity index (χ4v) is 9.97. The molecular formula is C36H17N5OS+2. The van der Waals surface area contributed by atoms with Crippen molar-refractivity contribution in [2.75, 3.05) is 0 Å². The van der Waals surface area contributed by atoms with Crippen LogP contribution < -0.4 is 13.9 Å². The Morgan fingerprint density at radius 1 is 0.628 bits per heavy atom. The molecule has 6 nitrogen and oxygen atoms in total. The fraction of sp³-hybridized carbons (Fsp3) is 0.0278.